The zero-order chi connectivity index (χ0) is 9.52. The van der Waals surface area contributed by atoms with Crippen LogP contribution in [0.4, 0.5) is 0 Å². The molecular weight excluding hydrogens is 166 g/mol. The lowest BCUT2D eigenvalue weighted by molar-refractivity contribution is 0.00169. The highest BCUT2D eigenvalue weighted by Gasteiger charge is 2.20. The highest BCUT2D eigenvalue weighted by atomic mass is 16.5. The van der Waals surface area contributed by atoms with E-state index in [1.807, 2.05) is 0 Å². The first kappa shape index (κ1) is 11.0. The largest absolute Gasteiger partial charge is 0.382 e. The van der Waals surface area contributed by atoms with Crippen LogP contribution in [-0.2, 0) is 9.47 Å². The second-order valence-corrected chi connectivity index (χ2v) is 3.70. The molecular formula is C10H21NO2. The van der Waals surface area contributed by atoms with Crippen LogP contribution in [0.15, 0.2) is 0 Å². The summed E-state index contributed by atoms with van der Waals surface area (Å²) in [5, 5.41) is 0. The maximum atomic E-state index is 6.00. The van der Waals surface area contributed by atoms with Gasteiger partial charge in [-0.1, -0.05) is 19.3 Å². The maximum Gasteiger partial charge on any atom is 0.0727 e. The standard InChI is InChI=1S/C10H21NO2/c1-12-7-8-13-10-6-4-2-3-5-9(10)11/h9-10H,2-8,11H2,1H3. The summed E-state index contributed by atoms with van der Waals surface area (Å²) < 4.78 is 10.6. The molecule has 1 saturated carbocycles. The van der Waals surface area contributed by atoms with Gasteiger partial charge in [-0.3, -0.25) is 0 Å². The van der Waals surface area contributed by atoms with E-state index in [9.17, 15) is 0 Å². The highest BCUT2D eigenvalue weighted by molar-refractivity contribution is 4.76. The summed E-state index contributed by atoms with van der Waals surface area (Å²) in [6.45, 7) is 1.35. The summed E-state index contributed by atoms with van der Waals surface area (Å²) in [6, 6.07) is 0.236. The highest BCUT2D eigenvalue weighted by Crippen LogP contribution is 2.18. The first-order valence-corrected chi connectivity index (χ1v) is 5.20. The summed E-state index contributed by atoms with van der Waals surface area (Å²) in [5.74, 6) is 0. The molecule has 78 valence electrons. The Bertz CT molecular complexity index is 130. The summed E-state index contributed by atoms with van der Waals surface area (Å²) in [5.41, 5.74) is 6.00. The molecule has 1 fully saturated rings. The van der Waals surface area contributed by atoms with Crippen molar-refractivity contribution >= 4 is 0 Å². The minimum absolute atomic E-state index is 0.236. The zero-order valence-electron chi connectivity index (χ0n) is 8.50. The van der Waals surface area contributed by atoms with Crippen LogP contribution in [0, 0.1) is 0 Å². The van der Waals surface area contributed by atoms with Crippen molar-refractivity contribution in [1.29, 1.82) is 0 Å². The lowest BCUT2D eigenvalue weighted by Crippen LogP contribution is -2.36. The van der Waals surface area contributed by atoms with Crippen LogP contribution in [0.3, 0.4) is 0 Å². The molecule has 1 aliphatic rings. The minimum Gasteiger partial charge on any atom is -0.382 e. The van der Waals surface area contributed by atoms with Gasteiger partial charge in [-0.25, -0.2) is 0 Å². The molecule has 3 heteroatoms. The van der Waals surface area contributed by atoms with E-state index in [2.05, 4.69) is 0 Å². The third kappa shape index (κ3) is 4.07. The first-order valence-electron chi connectivity index (χ1n) is 5.20. The molecule has 2 atom stereocenters. The zero-order valence-corrected chi connectivity index (χ0v) is 8.50. The third-order valence-electron chi connectivity index (χ3n) is 2.62. The predicted octanol–water partition coefficient (Wildman–Crippen LogP) is 1.31. The molecule has 2 N–H and O–H groups in total. The predicted molar refractivity (Wildman–Crippen MR) is 52.7 cm³/mol. The van der Waals surface area contributed by atoms with Crippen LogP contribution in [0.5, 0.6) is 0 Å². The van der Waals surface area contributed by atoms with Crippen LogP contribution >= 0.6 is 0 Å². The third-order valence-corrected chi connectivity index (χ3v) is 2.62. The van der Waals surface area contributed by atoms with Crippen LogP contribution in [-0.4, -0.2) is 32.5 Å². The van der Waals surface area contributed by atoms with Crippen LogP contribution < -0.4 is 5.73 Å². The van der Waals surface area contributed by atoms with E-state index in [1.54, 1.807) is 7.11 Å². The van der Waals surface area contributed by atoms with Gasteiger partial charge in [0.25, 0.3) is 0 Å². The van der Waals surface area contributed by atoms with E-state index in [0.29, 0.717) is 13.2 Å². The summed E-state index contributed by atoms with van der Waals surface area (Å²) >= 11 is 0. The lowest BCUT2D eigenvalue weighted by Gasteiger charge is -2.21. The summed E-state index contributed by atoms with van der Waals surface area (Å²) in [7, 11) is 1.69. The van der Waals surface area contributed by atoms with Gasteiger partial charge in [0.05, 0.1) is 19.3 Å². The Hall–Kier alpha value is -0.120. The number of ether oxygens (including phenoxy) is 2. The van der Waals surface area contributed by atoms with E-state index in [0.717, 1.165) is 12.8 Å². The fourth-order valence-electron chi connectivity index (χ4n) is 1.79. The van der Waals surface area contributed by atoms with Crippen molar-refractivity contribution in [3.8, 4) is 0 Å². The van der Waals surface area contributed by atoms with E-state index in [1.165, 1.54) is 19.3 Å². The minimum atomic E-state index is 0.236. The van der Waals surface area contributed by atoms with Gasteiger partial charge in [0.2, 0.25) is 0 Å². The average molecular weight is 187 g/mol. The summed E-state index contributed by atoms with van der Waals surface area (Å²) in [4.78, 5) is 0. The van der Waals surface area contributed by atoms with Crippen LogP contribution in [0.1, 0.15) is 32.1 Å². The van der Waals surface area contributed by atoms with Gasteiger partial charge in [-0.2, -0.15) is 0 Å². The molecule has 13 heavy (non-hydrogen) atoms. The molecule has 0 heterocycles. The molecule has 0 bridgehead atoms. The van der Waals surface area contributed by atoms with Crippen LogP contribution in [0.2, 0.25) is 0 Å². The number of hydrogen-bond acceptors (Lipinski definition) is 3. The molecule has 1 rings (SSSR count). The van der Waals surface area contributed by atoms with Crippen molar-refractivity contribution < 1.29 is 9.47 Å². The second kappa shape index (κ2) is 6.35. The monoisotopic (exact) mass is 187 g/mol. The van der Waals surface area contributed by atoms with E-state index in [4.69, 9.17) is 15.2 Å². The van der Waals surface area contributed by atoms with Crippen LogP contribution in [0.25, 0.3) is 0 Å². The van der Waals surface area contributed by atoms with E-state index < -0.39 is 0 Å². The Morgan fingerprint density at radius 3 is 2.69 bits per heavy atom. The van der Waals surface area contributed by atoms with E-state index >= 15 is 0 Å². The van der Waals surface area contributed by atoms with Gasteiger partial charge in [-0.05, 0) is 12.8 Å². The van der Waals surface area contributed by atoms with Gasteiger partial charge < -0.3 is 15.2 Å². The molecule has 1 aliphatic carbocycles. The number of methoxy groups -OCH3 is 1. The molecule has 3 nitrogen and oxygen atoms in total. The number of nitrogens with two attached hydrogens (primary N) is 1. The SMILES string of the molecule is COCCOC1CCCCCC1N. The Kier molecular flexibility index (Phi) is 5.35. The molecule has 0 saturated heterocycles. The normalized spacial score (nSPS) is 30.0. The smallest absolute Gasteiger partial charge is 0.0727 e. The molecule has 0 aromatic carbocycles. The Balaban J connectivity index is 2.19. The molecule has 0 spiro atoms. The molecule has 0 radical (unpaired) electrons. The van der Waals surface area contributed by atoms with Gasteiger partial charge in [0.15, 0.2) is 0 Å². The second-order valence-electron chi connectivity index (χ2n) is 3.70. The molecule has 0 amide bonds. The van der Waals surface area contributed by atoms with Crippen molar-refractivity contribution in [2.24, 2.45) is 5.73 Å². The topological polar surface area (TPSA) is 44.5 Å². The molecule has 0 aliphatic heterocycles. The van der Waals surface area contributed by atoms with Crippen molar-refractivity contribution in [2.75, 3.05) is 20.3 Å². The molecule has 2 unspecified atom stereocenters. The quantitative estimate of drug-likeness (QED) is 0.533. The van der Waals surface area contributed by atoms with Crippen molar-refractivity contribution in [3.05, 3.63) is 0 Å². The van der Waals surface area contributed by atoms with Crippen molar-refractivity contribution in [1.82, 2.24) is 0 Å². The van der Waals surface area contributed by atoms with Crippen molar-refractivity contribution in [2.45, 2.75) is 44.2 Å². The molecule has 0 aromatic heterocycles. The average Bonchev–Trinajstić information content (AvgIpc) is 2.32. The fraction of sp³-hybridized carbons (Fsp3) is 1.00. The van der Waals surface area contributed by atoms with Gasteiger partial charge in [-0.15, -0.1) is 0 Å². The lowest BCUT2D eigenvalue weighted by atomic mass is 10.1. The summed E-state index contributed by atoms with van der Waals surface area (Å²) in [6.07, 6.45) is 6.30. The Morgan fingerprint density at radius 2 is 1.92 bits per heavy atom. The van der Waals surface area contributed by atoms with Gasteiger partial charge in [0, 0.05) is 13.2 Å². The van der Waals surface area contributed by atoms with Gasteiger partial charge in [0.1, 0.15) is 0 Å². The number of hydrogen-bond donors (Lipinski definition) is 1. The van der Waals surface area contributed by atoms with E-state index in [-0.39, 0.29) is 12.1 Å². The molecule has 0 aromatic rings. The van der Waals surface area contributed by atoms with Crippen molar-refractivity contribution in [3.63, 3.8) is 0 Å². The fourth-order valence-corrected chi connectivity index (χ4v) is 1.79. The Morgan fingerprint density at radius 1 is 1.15 bits per heavy atom. The van der Waals surface area contributed by atoms with Gasteiger partial charge >= 0.3 is 0 Å². The maximum absolute atomic E-state index is 6.00. The Labute approximate surface area is 80.6 Å². The number of rotatable bonds is 4. The first-order chi connectivity index (χ1) is 6.34.